The summed E-state index contributed by atoms with van der Waals surface area (Å²) in [5.74, 6) is -0.0697. The van der Waals surface area contributed by atoms with Crippen LogP contribution >= 0.6 is 11.6 Å². The molecule has 1 heterocycles. The number of hydrogen-bond acceptors (Lipinski definition) is 3. The molecule has 4 heteroatoms. The molecule has 70 valence electrons. The third-order valence-electron chi connectivity index (χ3n) is 1.93. The SMILES string of the molecule is CC(=O)c1ncnc2cc(Cl)ccc12. The average Bonchev–Trinajstić information content (AvgIpc) is 2.16. The van der Waals surface area contributed by atoms with Gasteiger partial charge in [-0.1, -0.05) is 11.6 Å². The third kappa shape index (κ3) is 1.46. The lowest BCUT2D eigenvalue weighted by molar-refractivity contribution is 0.101. The van der Waals surface area contributed by atoms with Crippen molar-refractivity contribution in [2.24, 2.45) is 0 Å². The van der Waals surface area contributed by atoms with Gasteiger partial charge in [-0.2, -0.15) is 0 Å². The number of carbonyl (C=O) groups is 1. The fourth-order valence-corrected chi connectivity index (χ4v) is 1.48. The topological polar surface area (TPSA) is 42.9 Å². The second-order valence-electron chi connectivity index (χ2n) is 2.94. The predicted molar refractivity (Wildman–Crippen MR) is 54.6 cm³/mol. The number of Topliss-reactive ketones (excluding diaryl/α,β-unsaturated/α-hetero) is 1. The zero-order chi connectivity index (χ0) is 10.1. The fraction of sp³-hybridized carbons (Fsp3) is 0.100. The molecule has 14 heavy (non-hydrogen) atoms. The summed E-state index contributed by atoms with van der Waals surface area (Å²) in [7, 11) is 0. The summed E-state index contributed by atoms with van der Waals surface area (Å²) in [5.41, 5.74) is 1.13. The highest BCUT2D eigenvalue weighted by molar-refractivity contribution is 6.31. The van der Waals surface area contributed by atoms with Crippen LogP contribution in [0.2, 0.25) is 5.02 Å². The van der Waals surface area contributed by atoms with Gasteiger partial charge in [-0.15, -0.1) is 0 Å². The number of fused-ring (bicyclic) bond motifs is 1. The van der Waals surface area contributed by atoms with E-state index in [2.05, 4.69) is 9.97 Å². The van der Waals surface area contributed by atoms with Crippen LogP contribution in [0, 0.1) is 0 Å². The van der Waals surface area contributed by atoms with E-state index in [9.17, 15) is 4.79 Å². The number of ketones is 1. The van der Waals surface area contributed by atoms with Gasteiger partial charge in [0.25, 0.3) is 0 Å². The molecule has 1 aromatic carbocycles. The number of rotatable bonds is 1. The summed E-state index contributed by atoms with van der Waals surface area (Å²) in [6.45, 7) is 1.48. The lowest BCUT2D eigenvalue weighted by Gasteiger charge is -2.00. The molecule has 2 rings (SSSR count). The molecule has 0 aliphatic heterocycles. The van der Waals surface area contributed by atoms with Crippen molar-refractivity contribution in [2.75, 3.05) is 0 Å². The molecule has 0 atom stereocenters. The van der Waals surface area contributed by atoms with Crippen molar-refractivity contribution >= 4 is 28.3 Å². The lowest BCUT2D eigenvalue weighted by Crippen LogP contribution is -1.98. The fourth-order valence-electron chi connectivity index (χ4n) is 1.31. The first kappa shape index (κ1) is 9.09. The summed E-state index contributed by atoms with van der Waals surface area (Å²) in [4.78, 5) is 19.2. The van der Waals surface area contributed by atoms with Gasteiger partial charge in [0.1, 0.15) is 12.0 Å². The maximum Gasteiger partial charge on any atom is 0.178 e. The second-order valence-corrected chi connectivity index (χ2v) is 3.38. The highest BCUT2D eigenvalue weighted by Gasteiger charge is 2.07. The molecule has 3 nitrogen and oxygen atoms in total. The van der Waals surface area contributed by atoms with Gasteiger partial charge < -0.3 is 0 Å². The zero-order valence-corrected chi connectivity index (χ0v) is 8.25. The highest BCUT2D eigenvalue weighted by atomic mass is 35.5. The summed E-state index contributed by atoms with van der Waals surface area (Å²) in [6, 6.07) is 5.19. The first-order valence-electron chi connectivity index (χ1n) is 4.09. The predicted octanol–water partition coefficient (Wildman–Crippen LogP) is 2.49. The molecular weight excluding hydrogens is 200 g/mol. The molecule has 2 aromatic rings. The van der Waals surface area contributed by atoms with Gasteiger partial charge in [0, 0.05) is 17.3 Å². The van der Waals surface area contributed by atoms with E-state index in [1.165, 1.54) is 13.3 Å². The van der Waals surface area contributed by atoms with Crippen molar-refractivity contribution in [1.82, 2.24) is 9.97 Å². The van der Waals surface area contributed by atoms with Crippen molar-refractivity contribution in [2.45, 2.75) is 6.92 Å². The molecule has 0 bridgehead atoms. The van der Waals surface area contributed by atoms with Gasteiger partial charge >= 0.3 is 0 Å². The van der Waals surface area contributed by atoms with Crippen LogP contribution in [0.15, 0.2) is 24.5 Å². The van der Waals surface area contributed by atoms with Gasteiger partial charge in [0.15, 0.2) is 5.78 Å². The van der Waals surface area contributed by atoms with E-state index >= 15 is 0 Å². The molecule has 0 fully saturated rings. The van der Waals surface area contributed by atoms with Gasteiger partial charge in [-0.3, -0.25) is 4.79 Å². The van der Waals surface area contributed by atoms with Crippen LogP contribution in [-0.2, 0) is 0 Å². The van der Waals surface area contributed by atoms with Crippen molar-refractivity contribution in [3.63, 3.8) is 0 Å². The Morgan fingerprint density at radius 1 is 1.36 bits per heavy atom. The van der Waals surface area contributed by atoms with Gasteiger partial charge in [0.2, 0.25) is 0 Å². The van der Waals surface area contributed by atoms with Crippen LogP contribution in [-0.4, -0.2) is 15.8 Å². The Bertz CT molecular complexity index is 510. The van der Waals surface area contributed by atoms with Crippen molar-refractivity contribution in [3.8, 4) is 0 Å². The van der Waals surface area contributed by atoms with Crippen molar-refractivity contribution in [3.05, 3.63) is 35.2 Å². The van der Waals surface area contributed by atoms with E-state index in [0.29, 0.717) is 16.2 Å². The Morgan fingerprint density at radius 3 is 2.86 bits per heavy atom. The van der Waals surface area contributed by atoms with Crippen LogP contribution in [0.5, 0.6) is 0 Å². The second kappa shape index (κ2) is 3.35. The molecule has 0 amide bonds. The summed E-state index contributed by atoms with van der Waals surface area (Å²) >= 11 is 5.81. The van der Waals surface area contributed by atoms with E-state index in [4.69, 9.17) is 11.6 Å². The van der Waals surface area contributed by atoms with E-state index in [-0.39, 0.29) is 5.78 Å². The standard InChI is InChI=1S/C10H7ClN2O/c1-6(14)10-8-3-2-7(11)4-9(8)12-5-13-10/h2-5H,1H3. The molecule has 1 aromatic heterocycles. The van der Waals surface area contributed by atoms with Crippen LogP contribution in [0.3, 0.4) is 0 Å². The van der Waals surface area contributed by atoms with Crippen LogP contribution in [0.4, 0.5) is 0 Å². The Kier molecular flexibility index (Phi) is 2.17. The first-order valence-corrected chi connectivity index (χ1v) is 4.47. The Balaban J connectivity index is 2.81. The van der Waals surface area contributed by atoms with E-state index in [0.717, 1.165) is 5.39 Å². The molecular formula is C10H7ClN2O. The van der Waals surface area contributed by atoms with E-state index in [1.807, 2.05) is 0 Å². The van der Waals surface area contributed by atoms with Gasteiger partial charge in [-0.05, 0) is 18.2 Å². The smallest absolute Gasteiger partial charge is 0.178 e. The molecule has 0 saturated carbocycles. The Morgan fingerprint density at radius 2 is 2.14 bits per heavy atom. The minimum atomic E-state index is -0.0697. The zero-order valence-electron chi connectivity index (χ0n) is 7.49. The molecule has 0 spiro atoms. The van der Waals surface area contributed by atoms with Gasteiger partial charge in [0.05, 0.1) is 5.52 Å². The van der Waals surface area contributed by atoms with Gasteiger partial charge in [-0.25, -0.2) is 9.97 Å². The Hall–Kier alpha value is -1.48. The number of benzene rings is 1. The summed E-state index contributed by atoms with van der Waals surface area (Å²) in [6.07, 6.45) is 1.37. The minimum absolute atomic E-state index is 0.0697. The van der Waals surface area contributed by atoms with Crippen molar-refractivity contribution < 1.29 is 4.79 Å². The number of nitrogens with zero attached hydrogens (tertiary/aromatic N) is 2. The average molecular weight is 207 g/mol. The third-order valence-corrected chi connectivity index (χ3v) is 2.17. The molecule has 0 aliphatic rings. The molecule has 0 aliphatic carbocycles. The lowest BCUT2D eigenvalue weighted by atomic mass is 10.1. The number of hydrogen-bond donors (Lipinski definition) is 0. The number of halogens is 1. The minimum Gasteiger partial charge on any atom is -0.293 e. The van der Waals surface area contributed by atoms with E-state index < -0.39 is 0 Å². The highest BCUT2D eigenvalue weighted by Crippen LogP contribution is 2.19. The maximum absolute atomic E-state index is 11.2. The maximum atomic E-state index is 11.2. The summed E-state index contributed by atoms with van der Waals surface area (Å²) < 4.78 is 0. The normalized spacial score (nSPS) is 10.4. The van der Waals surface area contributed by atoms with Crippen molar-refractivity contribution in [1.29, 1.82) is 0 Å². The van der Waals surface area contributed by atoms with E-state index in [1.54, 1.807) is 18.2 Å². The quantitative estimate of drug-likeness (QED) is 0.674. The Labute approximate surface area is 85.7 Å². The van der Waals surface area contributed by atoms with Crippen LogP contribution < -0.4 is 0 Å². The molecule has 0 radical (unpaired) electrons. The first-order chi connectivity index (χ1) is 6.68. The molecule has 0 saturated heterocycles. The number of carbonyl (C=O) groups excluding carboxylic acids is 1. The molecule has 0 unspecified atom stereocenters. The monoisotopic (exact) mass is 206 g/mol. The van der Waals surface area contributed by atoms with Crippen LogP contribution in [0.1, 0.15) is 17.4 Å². The largest absolute Gasteiger partial charge is 0.293 e. The molecule has 0 N–H and O–H groups in total. The summed E-state index contributed by atoms with van der Waals surface area (Å²) in [5, 5.41) is 1.34. The van der Waals surface area contributed by atoms with Crippen LogP contribution in [0.25, 0.3) is 10.9 Å². The number of aromatic nitrogens is 2.